The maximum Gasteiger partial charge on any atom is 0.251 e. The zero-order valence-electron chi connectivity index (χ0n) is 16.0. The standard InChI is InChI=1S/C21H26FN3O2S/c1-15-10-17(6-7-19(15)22)21(27)24-11-16-4-2-8-25(13-16)14-20(26)23-12-18-5-3-9-28-18/h3,5-7,9-10,16H,2,4,8,11-14H2,1H3,(H,23,26)(H,24,27). The van der Waals surface area contributed by atoms with Crippen molar-refractivity contribution in [2.24, 2.45) is 5.92 Å². The fourth-order valence-electron chi connectivity index (χ4n) is 3.44. The number of halogens is 1. The van der Waals surface area contributed by atoms with E-state index in [1.165, 1.54) is 12.1 Å². The van der Waals surface area contributed by atoms with Crippen molar-refractivity contribution >= 4 is 23.2 Å². The lowest BCUT2D eigenvalue weighted by Gasteiger charge is -2.32. The van der Waals surface area contributed by atoms with E-state index in [0.29, 0.717) is 36.7 Å². The first-order valence-corrected chi connectivity index (χ1v) is 10.4. The monoisotopic (exact) mass is 403 g/mol. The first kappa shape index (κ1) is 20.5. The Bertz CT molecular complexity index is 810. The second-order valence-electron chi connectivity index (χ2n) is 7.27. The molecule has 150 valence electrons. The summed E-state index contributed by atoms with van der Waals surface area (Å²) >= 11 is 1.63. The van der Waals surface area contributed by atoms with Crippen LogP contribution >= 0.6 is 11.3 Å². The molecule has 1 aliphatic heterocycles. The summed E-state index contributed by atoms with van der Waals surface area (Å²) in [5.41, 5.74) is 0.935. The molecule has 1 fully saturated rings. The lowest BCUT2D eigenvalue weighted by Crippen LogP contribution is -2.45. The number of hydrogen-bond donors (Lipinski definition) is 2. The van der Waals surface area contributed by atoms with Gasteiger partial charge in [-0.2, -0.15) is 0 Å². The van der Waals surface area contributed by atoms with Crippen LogP contribution in [0.3, 0.4) is 0 Å². The highest BCUT2D eigenvalue weighted by atomic mass is 32.1. The van der Waals surface area contributed by atoms with Gasteiger partial charge in [0.1, 0.15) is 5.82 Å². The molecule has 0 aliphatic carbocycles. The minimum absolute atomic E-state index is 0.0277. The Morgan fingerprint density at radius 3 is 2.89 bits per heavy atom. The molecule has 2 N–H and O–H groups in total. The number of rotatable bonds is 7. The molecule has 0 bridgehead atoms. The summed E-state index contributed by atoms with van der Waals surface area (Å²) < 4.78 is 13.4. The van der Waals surface area contributed by atoms with E-state index in [0.717, 1.165) is 30.8 Å². The maximum atomic E-state index is 13.4. The van der Waals surface area contributed by atoms with Crippen LogP contribution in [-0.4, -0.2) is 42.9 Å². The van der Waals surface area contributed by atoms with Gasteiger partial charge >= 0.3 is 0 Å². The Morgan fingerprint density at radius 2 is 2.14 bits per heavy atom. The quantitative estimate of drug-likeness (QED) is 0.747. The zero-order chi connectivity index (χ0) is 19.9. The summed E-state index contributed by atoms with van der Waals surface area (Å²) in [4.78, 5) is 27.8. The van der Waals surface area contributed by atoms with Crippen LogP contribution in [0.4, 0.5) is 4.39 Å². The third-order valence-corrected chi connectivity index (χ3v) is 5.86. The summed E-state index contributed by atoms with van der Waals surface area (Å²) in [6, 6.07) is 8.37. The Labute approximate surface area is 168 Å². The second-order valence-corrected chi connectivity index (χ2v) is 8.31. The smallest absolute Gasteiger partial charge is 0.251 e. The molecule has 2 aromatic rings. The van der Waals surface area contributed by atoms with Gasteiger partial charge in [-0.3, -0.25) is 14.5 Å². The molecule has 1 aromatic heterocycles. The Hall–Kier alpha value is -2.25. The second kappa shape index (κ2) is 9.80. The summed E-state index contributed by atoms with van der Waals surface area (Å²) in [5, 5.41) is 7.90. The average molecular weight is 404 g/mol. The first-order valence-electron chi connectivity index (χ1n) is 9.57. The number of nitrogens with one attached hydrogen (secondary N) is 2. The maximum absolute atomic E-state index is 13.4. The molecule has 2 heterocycles. The van der Waals surface area contributed by atoms with Crippen LogP contribution in [0.2, 0.25) is 0 Å². The van der Waals surface area contributed by atoms with E-state index in [1.807, 2.05) is 17.5 Å². The summed E-state index contributed by atoms with van der Waals surface area (Å²) in [6.45, 7) is 4.84. The van der Waals surface area contributed by atoms with Gasteiger partial charge in [-0.05, 0) is 67.4 Å². The third-order valence-electron chi connectivity index (χ3n) is 4.98. The zero-order valence-corrected chi connectivity index (χ0v) is 16.9. The van der Waals surface area contributed by atoms with Crippen molar-refractivity contribution in [2.75, 3.05) is 26.2 Å². The van der Waals surface area contributed by atoms with Crippen LogP contribution in [0.25, 0.3) is 0 Å². The number of nitrogens with zero attached hydrogens (tertiary/aromatic N) is 1. The predicted octanol–water partition coefficient (Wildman–Crippen LogP) is 2.95. The van der Waals surface area contributed by atoms with Crippen LogP contribution in [0, 0.1) is 18.7 Å². The fourth-order valence-corrected chi connectivity index (χ4v) is 4.09. The average Bonchev–Trinajstić information content (AvgIpc) is 3.20. The first-order chi connectivity index (χ1) is 13.5. The summed E-state index contributed by atoms with van der Waals surface area (Å²) in [7, 11) is 0. The molecule has 0 radical (unpaired) electrons. The minimum atomic E-state index is -0.308. The number of likely N-dealkylation sites (tertiary alicyclic amines) is 1. The molecule has 1 unspecified atom stereocenters. The van der Waals surface area contributed by atoms with Crippen LogP contribution < -0.4 is 10.6 Å². The number of aryl methyl sites for hydroxylation is 1. The number of piperidine rings is 1. The van der Waals surface area contributed by atoms with E-state index in [-0.39, 0.29) is 17.6 Å². The molecule has 1 aliphatic rings. The highest BCUT2D eigenvalue weighted by molar-refractivity contribution is 7.09. The van der Waals surface area contributed by atoms with Crippen LogP contribution in [0.1, 0.15) is 33.6 Å². The van der Waals surface area contributed by atoms with E-state index in [4.69, 9.17) is 0 Å². The lowest BCUT2D eigenvalue weighted by molar-refractivity contribution is -0.122. The molecular formula is C21H26FN3O2S. The largest absolute Gasteiger partial charge is 0.352 e. The van der Waals surface area contributed by atoms with Gasteiger partial charge in [0.05, 0.1) is 13.1 Å². The van der Waals surface area contributed by atoms with E-state index < -0.39 is 0 Å². The van der Waals surface area contributed by atoms with Gasteiger partial charge < -0.3 is 10.6 Å². The predicted molar refractivity (Wildman–Crippen MR) is 109 cm³/mol. The van der Waals surface area contributed by atoms with Crippen molar-refractivity contribution in [3.63, 3.8) is 0 Å². The summed E-state index contributed by atoms with van der Waals surface area (Å²) in [6.07, 6.45) is 2.03. The van der Waals surface area contributed by atoms with Gasteiger partial charge in [0.15, 0.2) is 0 Å². The van der Waals surface area contributed by atoms with E-state index in [1.54, 1.807) is 24.3 Å². The normalized spacial score (nSPS) is 17.3. The molecule has 3 rings (SSSR count). The number of carbonyl (C=O) groups is 2. The molecular weight excluding hydrogens is 377 g/mol. The molecule has 0 spiro atoms. The van der Waals surface area contributed by atoms with Gasteiger partial charge in [-0.1, -0.05) is 6.07 Å². The SMILES string of the molecule is Cc1cc(C(=O)NCC2CCCN(CC(=O)NCc3cccs3)C2)ccc1F. The van der Waals surface area contributed by atoms with Gasteiger partial charge in [0.2, 0.25) is 5.91 Å². The van der Waals surface area contributed by atoms with E-state index >= 15 is 0 Å². The molecule has 7 heteroatoms. The molecule has 1 saturated heterocycles. The number of amides is 2. The topological polar surface area (TPSA) is 61.4 Å². The third kappa shape index (κ3) is 5.87. The Morgan fingerprint density at radius 1 is 1.29 bits per heavy atom. The highest BCUT2D eigenvalue weighted by Gasteiger charge is 2.22. The van der Waals surface area contributed by atoms with Crippen molar-refractivity contribution in [1.82, 2.24) is 15.5 Å². The van der Waals surface area contributed by atoms with Gasteiger partial charge in [0.25, 0.3) is 5.91 Å². The number of thiophene rings is 1. The number of carbonyl (C=O) groups excluding carboxylic acids is 2. The number of hydrogen-bond acceptors (Lipinski definition) is 4. The molecule has 28 heavy (non-hydrogen) atoms. The summed E-state index contributed by atoms with van der Waals surface area (Å²) in [5.74, 6) is -0.157. The Balaban J connectivity index is 1.42. The van der Waals surface area contributed by atoms with Crippen molar-refractivity contribution in [2.45, 2.75) is 26.3 Å². The highest BCUT2D eigenvalue weighted by Crippen LogP contribution is 2.16. The lowest BCUT2D eigenvalue weighted by atomic mass is 9.97. The van der Waals surface area contributed by atoms with Crippen LogP contribution in [-0.2, 0) is 11.3 Å². The fraction of sp³-hybridized carbons (Fsp3) is 0.429. The molecule has 1 atom stereocenters. The Kier molecular flexibility index (Phi) is 7.17. The van der Waals surface area contributed by atoms with Crippen molar-refractivity contribution < 1.29 is 14.0 Å². The van der Waals surface area contributed by atoms with Gasteiger partial charge in [-0.25, -0.2) is 4.39 Å². The van der Waals surface area contributed by atoms with E-state index in [9.17, 15) is 14.0 Å². The minimum Gasteiger partial charge on any atom is -0.352 e. The van der Waals surface area contributed by atoms with Crippen molar-refractivity contribution in [1.29, 1.82) is 0 Å². The van der Waals surface area contributed by atoms with Gasteiger partial charge in [0, 0.05) is 23.5 Å². The van der Waals surface area contributed by atoms with Gasteiger partial charge in [-0.15, -0.1) is 11.3 Å². The molecule has 0 saturated carbocycles. The number of benzene rings is 1. The van der Waals surface area contributed by atoms with Crippen molar-refractivity contribution in [3.8, 4) is 0 Å². The molecule has 2 amide bonds. The molecule has 1 aromatic carbocycles. The molecule has 5 nitrogen and oxygen atoms in total. The van der Waals surface area contributed by atoms with E-state index in [2.05, 4.69) is 15.5 Å². The van der Waals surface area contributed by atoms with Crippen LogP contribution in [0.5, 0.6) is 0 Å². The van der Waals surface area contributed by atoms with Crippen molar-refractivity contribution in [3.05, 3.63) is 57.5 Å². The van der Waals surface area contributed by atoms with Crippen LogP contribution in [0.15, 0.2) is 35.7 Å².